The Morgan fingerprint density at radius 1 is 1.35 bits per heavy atom. The Kier molecular flexibility index (Phi) is 3.79. The highest BCUT2D eigenvalue weighted by Gasteiger charge is 2.29. The van der Waals surface area contributed by atoms with E-state index in [1.807, 2.05) is 6.07 Å². The van der Waals surface area contributed by atoms with Crippen LogP contribution in [0.3, 0.4) is 0 Å². The molecule has 2 nitrogen and oxygen atoms in total. The van der Waals surface area contributed by atoms with Gasteiger partial charge in [-0.3, -0.25) is 0 Å². The van der Waals surface area contributed by atoms with Crippen molar-refractivity contribution in [3.63, 3.8) is 0 Å². The van der Waals surface area contributed by atoms with Crippen molar-refractivity contribution in [2.24, 2.45) is 0 Å². The van der Waals surface area contributed by atoms with Crippen LogP contribution in [0, 0.1) is 5.82 Å². The number of hydrogen-bond donors (Lipinski definition) is 1. The summed E-state index contributed by atoms with van der Waals surface area (Å²) in [6, 6.07) is 6.55. The molecule has 1 aliphatic rings. The van der Waals surface area contributed by atoms with Crippen LogP contribution >= 0.6 is 0 Å². The van der Waals surface area contributed by atoms with Gasteiger partial charge in [0.1, 0.15) is 5.82 Å². The van der Waals surface area contributed by atoms with E-state index in [4.69, 9.17) is 0 Å². The summed E-state index contributed by atoms with van der Waals surface area (Å²) < 4.78 is 13.1. The number of halogens is 1. The topological polar surface area (TPSA) is 23.5 Å². The van der Waals surface area contributed by atoms with Crippen LogP contribution in [-0.2, 0) is 6.42 Å². The van der Waals surface area contributed by atoms with E-state index in [0.29, 0.717) is 6.42 Å². The highest BCUT2D eigenvalue weighted by molar-refractivity contribution is 5.18. The van der Waals surface area contributed by atoms with E-state index >= 15 is 0 Å². The molecule has 0 spiro atoms. The van der Waals surface area contributed by atoms with E-state index in [-0.39, 0.29) is 5.82 Å². The fourth-order valence-electron chi connectivity index (χ4n) is 2.52. The molecule has 17 heavy (non-hydrogen) atoms. The second kappa shape index (κ2) is 5.15. The average molecular weight is 237 g/mol. The van der Waals surface area contributed by atoms with Crippen molar-refractivity contribution in [3.8, 4) is 0 Å². The molecule has 94 valence electrons. The standard InChI is InChI=1S/C14H20FNO/c1-16-8-3-6-14(17,7-9-16)11-12-4-2-5-13(15)10-12/h2,4-5,10,17H,3,6-9,11H2,1H3. The van der Waals surface area contributed by atoms with Crippen molar-refractivity contribution < 1.29 is 9.50 Å². The van der Waals surface area contributed by atoms with Crippen LogP contribution in [0.2, 0.25) is 0 Å². The lowest BCUT2D eigenvalue weighted by molar-refractivity contribution is 0.0262. The van der Waals surface area contributed by atoms with Gasteiger partial charge in [-0.15, -0.1) is 0 Å². The van der Waals surface area contributed by atoms with Crippen molar-refractivity contribution in [2.45, 2.75) is 31.3 Å². The Morgan fingerprint density at radius 2 is 2.18 bits per heavy atom. The molecule has 1 N–H and O–H groups in total. The number of rotatable bonds is 2. The summed E-state index contributed by atoms with van der Waals surface area (Å²) in [5.41, 5.74) is 0.218. The Morgan fingerprint density at radius 3 is 2.94 bits per heavy atom. The van der Waals surface area contributed by atoms with Gasteiger partial charge in [-0.25, -0.2) is 4.39 Å². The van der Waals surface area contributed by atoms with E-state index < -0.39 is 5.60 Å². The van der Waals surface area contributed by atoms with Gasteiger partial charge in [0.15, 0.2) is 0 Å². The Balaban J connectivity index is 2.06. The molecule has 3 heteroatoms. The number of nitrogens with zero attached hydrogens (tertiary/aromatic N) is 1. The molecule has 0 aromatic heterocycles. The minimum atomic E-state index is -0.668. The number of likely N-dealkylation sites (tertiary alicyclic amines) is 1. The van der Waals surface area contributed by atoms with Crippen LogP contribution in [0.5, 0.6) is 0 Å². The van der Waals surface area contributed by atoms with Crippen molar-refractivity contribution in [3.05, 3.63) is 35.6 Å². The maximum absolute atomic E-state index is 13.1. The van der Waals surface area contributed by atoms with Crippen LogP contribution in [-0.4, -0.2) is 35.7 Å². The first-order valence-corrected chi connectivity index (χ1v) is 6.23. The van der Waals surface area contributed by atoms with E-state index in [9.17, 15) is 9.50 Å². The van der Waals surface area contributed by atoms with E-state index in [0.717, 1.165) is 37.9 Å². The molecule has 1 aromatic carbocycles. The zero-order valence-electron chi connectivity index (χ0n) is 10.3. The molecule has 1 atom stereocenters. The van der Waals surface area contributed by atoms with Crippen LogP contribution in [0.25, 0.3) is 0 Å². The molecular weight excluding hydrogens is 217 g/mol. The Bertz CT molecular complexity index is 382. The monoisotopic (exact) mass is 237 g/mol. The van der Waals surface area contributed by atoms with E-state index in [2.05, 4.69) is 11.9 Å². The summed E-state index contributed by atoms with van der Waals surface area (Å²) in [5, 5.41) is 10.6. The second-order valence-corrected chi connectivity index (χ2v) is 5.19. The van der Waals surface area contributed by atoms with Gasteiger partial charge in [0.25, 0.3) is 0 Å². The first-order valence-electron chi connectivity index (χ1n) is 6.23. The third-order valence-corrected chi connectivity index (χ3v) is 3.56. The molecule has 1 heterocycles. The smallest absolute Gasteiger partial charge is 0.123 e. The molecule has 0 saturated carbocycles. The predicted molar refractivity (Wildman–Crippen MR) is 66.4 cm³/mol. The third-order valence-electron chi connectivity index (χ3n) is 3.56. The Labute approximate surface area is 102 Å². The number of hydrogen-bond acceptors (Lipinski definition) is 2. The van der Waals surface area contributed by atoms with Crippen molar-refractivity contribution in [2.75, 3.05) is 20.1 Å². The van der Waals surface area contributed by atoms with Gasteiger partial charge in [-0.05, 0) is 50.6 Å². The normalized spacial score (nSPS) is 26.8. The van der Waals surface area contributed by atoms with E-state index in [1.165, 1.54) is 12.1 Å². The third kappa shape index (κ3) is 3.51. The van der Waals surface area contributed by atoms with Gasteiger partial charge in [-0.2, -0.15) is 0 Å². The molecule has 0 radical (unpaired) electrons. The SMILES string of the molecule is CN1CCCC(O)(Cc2cccc(F)c2)CC1. The summed E-state index contributed by atoms with van der Waals surface area (Å²) >= 11 is 0. The van der Waals surface area contributed by atoms with Crippen LogP contribution in [0.4, 0.5) is 4.39 Å². The molecule has 1 saturated heterocycles. The van der Waals surface area contributed by atoms with Crippen LogP contribution in [0.15, 0.2) is 24.3 Å². The summed E-state index contributed by atoms with van der Waals surface area (Å²) in [6.07, 6.45) is 3.12. The number of benzene rings is 1. The maximum atomic E-state index is 13.1. The molecule has 1 aromatic rings. The van der Waals surface area contributed by atoms with Crippen molar-refractivity contribution in [1.29, 1.82) is 0 Å². The highest BCUT2D eigenvalue weighted by Crippen LogP contribution is 2.26. The summed E-state index contributed by atoms with van der Waals surface area (Å²) in [7, 11) is 2.08. The molecule has 0 amide bonds. The van der Waals surface area contributed by atoms with Crippen molar-refractivity contribution >= 4 is 0 Å². The first kappa shape index (κ1) is 12.5. The molecule has 1 aliphatic heterocycles. The van der Waals surface area contributed by atoms with Gasteiger partial charge in [0.05, 0.1) is 5.60 Å². The van der Waals surface area contributed by atoms with Gasteiger partial charge in [0, 0.05) is 13.0 Å². The van der Waals surface area contributed by atoms with Gasteiger partial charge < -0.3 is 10.0 Å². The van der Waals surface area contributed by atoms with Gasteiger partial charge >= 0.3 is 0 Å². The molecule has 1 unspecified atom stereocenters. The average Bonchev–Trinajstić information content (AvgIpc) is 2.41. The van der Waals surface area contributed by atoms with Gasteiger partial charge in [0.2, 0.25) is 0 Å². The lowest BCUT2D eigenvalue weighted by Crippen LogP contribution is -2.32. The summed E-state index contributed by atoms with van der Waals surface area (Å²) in [6.45, 7) is 1.94. The quantitative estimate of drug-likeness (QED) is 0.852. The molecule has 0 bridgehead atoms. The molecule has 1 fully saturated rings. The second-order valence-electron chi connectivity index (χ2n) is 5.19. The fraction of sp³-hybridized carbons (Fsp3) is 0.571. The minimum absolute atomic E-state index is 0.225. The number of aliphatic hydroxyl groups is 1. The predicted octanol–water partition coefficient (Wildman–Crippen LogP) is 2.21. The maximum Gasteiger partial charge on any atom is 0.123 e. The fourth-order valence-corrected chi connectivity index (χ4v) is 2.52. The zero-order valence-corrected chi connectivity index (χ0v) is 10.3. The largest absolute Gasteiger partial charge is 0.389 e. The zero-order chi connectivity index (χ0) is 12.3. The molecule has 2 rings (SSSR count). The minimum Gasteiger partial charge on any atom is -0.389 e. The summed E-state index contributed by atoms with van der Waals surface area (Å²) in [4.78, 5) is 2.24. The van der Waals surface area contributed by atoms with Crippen LogP contribution < -0.4 is 0 Å². The lowest BCUT2D eigenvalue weighted by Gasteiger charge is -2.26. The first-order chi connectivity index (χ1) is 8.07. The van der Waals surface area contributed by atoms with Crippen molar-refractivity contribution in [1.82, 2.24) is 4.90 Å². The van der Waals surface area contributed by atoms with Gasteiger partial charge in [-0.1, -0.05) is 12.1 Å². The van der Waals surface area contributed by atoms with E-state index in [1.54, 1.807) is 6.07 Å². The molecule has 0 aliphatic carbocycles. The summed E-state index contributed by atoms with van der Waals surface area (Å²) in [5.74, 6) is -0.225. The molecular formula is C14H20FNO. The van der Waals surface area contributed by atoms with Crippen LogP contribution in [0.1, 0.15) is 24.8 Å². The highest BCUT2D eigenvalue weighted by atomic mass is 19.1. The lowest BCUT2D eigenvalue weighted by atomic mass is 9.88. The Hall–Kier alpha value is -0.930.